The molecule has 0 aromatic carbocycles. The monoisotopic (exact) mass is 349 g/mol. The minimum Gasteiger partial charge on any atom is -0.465 e. The molecule has 132 valence electrons. The molecule has 0 aliphatic heterocycles. The van der Waals surface area contributed by atoms with Crippen molar-refractivity contribution in [3.05, 3.63) is 0 Å². The third kappa shape index (κ3) is 10.5. The lowest BCUT2D eigenvalue weighted by molar-refractivity contribution is -0.145. The fourth-order valence-corrected chi connectivity index (χ4v) is 1.65. The van der Waals surface area contributed by atoms with E-state index in [0.717, 1.165) is 0 Å². The first-order valence-electron chi connectivity index (χ1n) is 7.14. The number of nitrogens with one attached hydrogen (secondary N) is 3. The summed E-state index contributed by atoms with van der Waals surface area (Å²) in [7, 11) is 0. The third-order valence-electron chi connectivity index (χ3n) is 2.44. The molecule has 0 aliphatic rings. The van der Waals surface area contributed by atoms with Crippen molar-refractivity contribution < 1.29 is 28.7 Å². The van der Waals surface area contributed by atoms with Crippen molar-refractivity contribution in [1.82, 2.24) is 16.0 Å². The molecule has 0 aromatic heterocycles. The number of ether oxygens (including phenoxy) is 2. The Kier molecular flexibility index (Phi) is 11.7. The summed E-state index contributed by atoms with van der Waals surface area (Å²) in [6.07, 6.45) is 0. The zero-order valence-corrected chi connectivity index (χ0v) is 14.1. The lowest BCUT2D eigenvalue weighted by atomic mass is 10.3. The van der Waals surface area contributed by atoms with Crippen LogP contribution in [0.25, 0.3) is 0 Å². The summed E-state index contributed by atoms with van der Waals surface area (Å²) < 4.78 is 9.45. The lowest BCUT2D eigenvalue weighted by Crippen LogP contribution is -2.47. The molecule has 0 radical (unpaired) electrons. The second-order valence-electron chi connectivity index (χ2n) is 4.23. The molecule has 10 heteroatoms. The summed E-state index contributed by atoms with van der Waals surface area (Å²) >= 11 is 4.00. The van der Waals surface area contributed by atoms with Gasteiger partial charge in [-0.25, -0.2) is 0 Å². The molecule has 3 N–H and O–H groups in total. The highest BCUT2D eigenvalue weighted by molar-refractivity contribution is 7.80. The van der Waals surface area contributed by atoms with Crippen molar-refractivity contribution in [2.75, 3.05) is 38.6 Å². The van der Waals surface area contributed by atoms with Crippen molar-refractivity contribution >= 4 is 36.4 Å². The molecule has 23 heavy (non-hydrogen) atoms. The highest BCUT2D eigenvalue weighted by Gasteiger charge is 2.18. The van der Waals surface area contributed by atoms with E-state index in [9.17, 15) is 19.2 Å². The normalized spacial score (nSPS) is 11.3. The number of hydrogen-bond donors (Lipinski definition) is 4. The van der Waals surface area contributed by atoms with Gasteiger partial charge < -0.3 is 20.1 Å². The first-order chi connectivity index (χ1) is 10.9. The van der Waals surface area contributed by atoms with Gasteiger partial charge in [-0.15, -0.1) is 0 Å². The molecular weight excluding hydrogens is 326 g/mol. The van der Waals surface area contributed by atoms with Crippen LogP contribution >= 0.6 is 12.6 Å². The summed E-state index contributed by atoms with van der Waals surface area (Å²) in [5.74, 6) is -1.89. The van der Waals surface area contributed by atoms with E-state index in [0.29, 0.717) is 0 Å². The van der Waals surface area contributed by atoms with Gasteiger partial charge in [-0.05, 0) is 13.8 Å². The van der Waals surface area contributed by atoms with Crippen LogP contribution in [0.5, 0.6) is 0 Å². The first kappa shape index (κ1) is 21.2. The van der Waals surface area contributed by atoms with E-state index in [1.54, 1.807) is 13.8 Å². The number of thiol groups is 1. The Labute approximate surface area is 140 Å². The summed E-state index contributed by atoms with van der Waals surface area (Å²) in [5, 5.41) is 7.32. The fraction of sp³-hybridized carbons (Fsp3) is 0.692. The number of carbonyl (C=O) groups excluding carboxylic acids is 4. The highest BCUT2D eigenvalue weighted by atomic mass is 32.1. The molecule has 0 heterocycles. The number of esters is 2. The van der Waals surface area contributed by atoms with E-state index in [4.69, 9.17) is 4.74 Å². The van der Waals surface area contributed by atoms with Crippen molar-refractivity contribution in [3.8, 4) is 0 Å². The van der Waals surface area contributed by atoms with Crippen LogP contribution in [0.2, 0.25) is 0 Å². The Morgan fingerprint density at radius 3 is 2.04 bits per heavy atom. The number of rotatable bonds is 11. The van der Waals surface area contributed by atoms with Crippen LogP contribution in [0.15, 0.2) is 0 Å². The number of amides is 2. The van der Waals surface area contributed by atoms with E-state index in [2.05, 4.69) is 33.3 Å². The minimum absolute atomic E-state index is 0.171. The molecule has 0 aromatic rings. The number of carbonyl (C=O) groups is 4. The molecule has 0 spiro atoms. The van der Waals surface area contributed by atoms with Crippen LogP contribution < -0.4 is 16.0 Å². The summed E-state index contributed by atoms with van der Waals surface area (Å²) in [5.41, 5.74) is 0. The Morgan fingerprint density at radius 1 is 0.913 bits per heavy atom. The smallest absolute Gasteiger partial charge is 0.325 e. The maximum absolute atomic E-state index is 11.6. The van der Waals surface area contributed by atoms with Gasteiger partial charge in [-0.2, -0.15) is 12.6 Å². The van der Waals surface area contributed by atoms with Gasteiger partial charge in [0, 0.05) is 5.75 Å². The predicted octanol–water partition coefficient (Wildman–Crippen LogP) is -1.77. The van der Waals surface area contributed by atoms with Gasteiger partial charge >= 0.3 is 11.9 Å². The van der Waals surface area contributed by atoms with E-state index < -0.39 is 29.8 Å². The largest absolute Gasteiger partial charge is 0.465 e. The SMILES string of the molecule is CCOC(=O)CNC(=O)CNC(=O)CNC(CS)C(=O)OCC. The van der Waals surface area contributed by atoms with Crippen LogP contribution in [0.3, 0.4) is 0 Å². The molecule has 1 atom stereocenters. The lowest BCUT2D eigenvalue weighted by Gasteiger charge is -2.14. The molecule has 0 bridgehead atoms. The van der Waals surface area contributed by atoms with Gasteiger partial charge in [-0.1, -0.05) is 0 Å². The molecule has 0 saturated heterocycles. The van der Waals surface area contributed by atoms with Crippen molar-refractivity contribution in [1.29, 1.82) is 0 Å². The average molecular weight is 349 g/mol. The predicted molar refractivity (Wildman–Crippen MR) is 84.9 cm³/mol. The Bertz CT molecular complexity index is 419. The summed E-state index contributed by atoms with van der Waals surface area (Å²) in [4.78, 5) is 45.5. The van der Waals surface area contributed by atoms with E-state index in [1.807, 2.05) is 0 Å². The van der Waals surface area contributed by atoms with Gasteiger partial charge in [0.15, 0.2) is 0 Å². The third-order valence-corrected chi connectivity index (χ3v) is 2.81. The highest BCUT2D eigenvalue weighted by Crippen LogP contribution is 1.92. The molecule has 0 rings (SSSR count). The molecule has 1 unspecified atom stereocenters. The Hall–Kier alpha value is -1.81. The second kappa shape index (κ2) is 12.7. The van der Waals surface area contributed by atoms with E-state index in [-0.39, 0.29) is 38.6 Å². The van der Waals surface area contributed by atoms with Gasteiger partial charge in [0.25, 0.3) is 0 Å². The van der Waals surface area contributed by atoms with Crippen molar-refractivity contribution in [3.63, 3.8) is 0 Å². The molecule has 9 nitrogen and oxygen atoms in total. The van der Waals surface area contributed by atoms with Crippen LogP contribution in [0.1, 0.15) is 13.8 Å². The van der Waals surface area contributed by atoms with Gasteiger partial charge in [0.1, 0.15) is 12.6 Å². The first-order valence-corrected chi connectivity index (χ1v) is 7.77. The maximum Gasteiger partial charge on any atom is 0.325 e. The topological polar surface area (TPSA) is 123 Å². The van der Waals surface area contributed by atoms with E-state index in [1.165, 1.54) is 0 Å². The quantitative estimate of drug-likeness (QED) is 0.257. The summed E-state index contributed by atoms with van der Waals surface area (Å²) in [6, 6.07) is -0.707. The second-order valence-corrected chi connectivity index (χ2v) is 4.59. The van der Waals surface area contributed by atoms with Crippen molar-refractivity contribution in [2.24, 2.45) is 0 Å². The van der Waals surface area contributed by atoms with E-state index >= 15 is 0 Å². The molecular formula is C13H23N3O6S. The van der Waals surface area contributed by atoms with Gasteiger partial charge in [-0.3, -0.25) is 24.5 Å². The van der Waals surface area contributed by atoms with Crippen LogP contribution in [0, 0.1) is 0 Å². The van der Waals surface area contributed by atoms with Gasteiger partial charge in [0.2, 0.25) is 11.8 Å². The zero-order valence-electron chi connectivity index (χ0n) is 13.2. The van der Waals surface area contributed by atoms with Crippen LogP contribution in [-0.4, -0.2) is 68.4 Å². The molecule has 0 aliphatic carbocycles. The standard InChI is InChI=1S/C13H23N3O6S/c1-3-21-12(19)7-16-11(18)6-15-10(17)5-14-9(8-23)13(20)22-4-2/h9,14,23H,3-8H2,1-2H3,(H,15,17)(H,16,18). The van der Waals surface area contributed by atoms with Gasteiger partial charge in [0.05, 0.1) is 26.3 Å². The fourth-order valence-electron chi connectivity index (χ4n) is 1.37. The number of hydrogen-bond acceptors (Lipinski definition) is 8. The minimum atomic E-state index is -0.707. The molecule has 0 saturated carbocycles. The maximum atomic E-state index is 11.6. The van der Waals surface area contributed by atoms with Crippen LogP contribution in [0.4, 0.5) is 0 Å². The Balaban J connectivity index is 3.95. The van der Waals surface area contributed by atoms with Crippen LogP contribution in [-0.2, 0) is 28.7 Å². The zero-order chi connectivity index (χ0) is 17.7. The Morgan fingerprint density at radius 2 is 1.48 bits per heavy atom. The molecule has 0 fully saturated rings. The average Bonchev–Trinajstić information content (AvgIpc) is 2.52. The summed E-state index contributed by atoms with van der Waals surface area (Å²) in [6.45, 7) is 3.07. The van der Waals surface area contributed by atoms with Crippen molar-refractivity contribution in [2.45, 2.75) is 19.9 Å². The molecule has 2 amide bonds.